The number of likely N-dealkylation sites (tertiary alicyclic amines) is 1. The Bertz CT molecular complexity index is 530. The second-order valence-corrected chi connectivity index (χ2v) is 5.28. The number of hydrogen-bond donors (Lipinski definition) is 0. The van der Waals surface area contributed by atoms with Crippen molar-refractivity contribution >= 4 is 12.2 Å². The van der Waals surface area contributed by atoms with E-state index in [9.17, 15) is 0 Å². The minimum Gasteiger partial charge on any atom is -0.360 e. The molecule has 2 nitrogen and oxygen atoms in total. The van der Waals surface area contributed by atoms with Crippen LogP contribution in [0.15, 0.2) is 24.3 Å². The molecular formula is C16H21NO. The number of benzene rings is 1. The molecule has 96 valence electrons. The molecule has 0 radical (unpaired) electrons. The van der Waals surface area contributed by atoms with E-state index in [1.807, 2.05) is 7.11 Å². The van der Waals surface area contributed by atoms with Crippen LogP contribution in [0, 0.1) is 0 Å². The van der Waals surface area contributed by atoms with Gasteiger partial charge in [-0.15, -0.1) is 0 Å². The average Bonchev–Trinajstić information content (AvgIpc) is 2.47. The van der Waals surface area contributed by atoms with E-state index < -0.39 is 0 Å². The first-order valence-electron chi connectivity index (χ1n) is 6.92. The monoisotopic (exact) mass is 243 g/mol. The Morgan fingerprint density at radius 3 is 2.50 bits per heavy atom. The fourth-order valence-corrected chi connectivity index (χ4v) is 3.15. The fourth-order valence-electron chi connectivity index (χ4n) is 3.15. The molecule has 2 heteroatoms. The van der Waals surface area contributed by atoms with Gasteiger partial charge in [-0.05, 0) is 29.4 Å². The third-order valence-corrected chi connectivity index (χ3v) is 4.24. The van der Waals surface area contributed by atoms with Crippen LogP contribution in [0.25, 0.3) is 12.2 Å². The van der Waals surface area contributed by atoms with E-state index in [4.69, 9.17) is 4.74 Å². The van der Waals surface area contributed by atoms with Gasteiger partial charge < -0.3 is 4.74 Å². The lowest BCUT2D eigenvalue weighted by Crippen LogP contribution is -2.54. The molecule has 1 atom stereocenters. The molecule has 0 bridgehead atoms. The molecular weight excluding hydrogens is 222 g/mol. The van der Waals surface area contributed by atoms with E-state index in [1.54, 1.807) is 0 Å². The molecule has 0 aromatic heterocycles. The van der Waals surface area contributed by atoms with E-state index >= 15 is 0 Å². The summed E-state index contributed by atoms with van der Waals surface area (Å²) in [5.41, 5.74) is -0.214. The summed E-state index contributed by atoms with van der Waals surface area (Å²) >= 11 is 0. The van der Waals surface area contributed by atoms with Crippen molar-refractivity contribution in [1.29, 1.82) is 0 Å². The molecule has 1 unspecified atom stereocenters. The first-order chi connectivity index (χ1) is 8.84. The van der Waals surface area contributed by atoms with Gasteiger partial charge in [0, 0.05) is 26.6 Å². The summed E-state index contributed by atoms with van der Waals surface area (Å²) in [6, 6.07) is 8.57. The summed E-state index contributed by atoms with van der Waals surface area (Å²) in [4.78, 5) is 2.50. The highest BCUT2D eigenvalue weighted by molar-refractivity contribution is 5.46. The second kappa shape index (κ2) is 4.87. The summed E-state index contributed by atoms with van der Waals surface area (Å²) in [6.45, 7) is 2.31. The van der Waals surface area contributed by atoms with Crippen LogP contribution in [0.1, 0.15) is 25.7 Å². The molecule has 0 N–H and O–H groups in total. The van der Waals surface area contributed by atoms with Crippen LogP contribution in [0.3, 0.4) is 0 Å². The molecule has 2 aliphatic rings. The largest absolute Gasteiger partial charge is 0.360 e. The fraction of sp³-hybridized carbons (Fsp3) is 0.500. The maximum Gasteiger partial charge on any atom is 0.144 e. The van der Waals surface area contributed by atoms with Gasteiger partial charge in [-0.3, -0.25) is 4.90 Å². The predicted octanol–water partition coefficient (Wildman–Crippen LogP) is 1.48. The van der Waals surface area contributed by atoms with Gasteiger partial charge in [0.25, 0.3) is 0 Å². The molecule has 1 aromatic rings. The number of piperidine rings is 1. The summed E-state index contributed by atoms with van der Waals surface area (Å²) in [6.07, 6.45) is 9.53. The van der Waals surface area contributed by atoms with Gasteiger partial charge in [0.2, 0.25) is 0 Å². The highest BCUT2D eigenvalue weighted by Gasteiger charge is 2.35. The summed E-state index contributed by atoms with van der Waals surface area (Å²) < 4.78 is 5.91. The van der Waals surface area contributed by atoms with E-state index in [0.29, 0.717) is 0 Å². The van der Waals surface area contributed by atoms with Gasteiger partial charge in [-0.25, -0.2) is 0 Å². The molecule has 1 aliphatic heterocycles. The van der Waals surface area contributed by atoms with Crippen molar-refractivity contribution in [2.45, 2.75) is 31.4 Å². The number of rotatable bonds is 2. The lowest BCUT2D eigenvalue weighted by Gasteiger charge is -2.43. The molecule has 1 aromatic carbocycles. The quantitative estimate of drug-likeness (QED) is 0.780. The zero-order chi connectivity index (χ0) is 12.4. The van der Waals surface area contributed by atoms with Gasteiger partial charge >= 0.3 is 0 Å². The Labute approximate surface area is 109 Å². The minimum absolute atomic E-state index is 0.214. The first kappa shape index (κ1) is 11.9. The lowest BCUT2D eigenvalue weighted by molar-refractivity contribution is -0.0896. The Kier molecular flexibility index (Phi) is 3.23. The summed E-state index contributed by atoms with van der Waals surface area (Å²) in [7, 11) is 1.84. The number of hydrogen-bond acceptors (Lipinski definition) is 2. The van der Waals surface area contributed by atoms with E-state index in [0.717, 1.165) is 19.5 Å². The van der Waals surface area contributed by atoms with Gasteiger partial charge in [0.1, 0.15) is 5.72 Å². The molecule has 1 heterocycles. The zero-order valence-electron chi connectivity index (χ0n) is 11.1. The summed E-state index contributed by atoms with van der Waals surface area (Å²) in [5.74, 6) is 0. The third kappa shape index (κ3) is 2.00. The zero-order valence-corrected chi connectivity index (χ0v) is 11.1. The maximum absolute atomic E-state index is 5.91. The minimum atomic E-state index is -0.214. The van der Waals surface area contributed by atoms with Crippen molar-refractivity contribution in [3.8, 4) is 0 Å². The third-order valence-electron chi connectivity index (χ3n) is 4.24. The van der Waals surface area contributed by atoms with Crippen molar-refractivity contribution in [3.05, 3.63) is 34.7 Å². The predicted molar refractivity (Wildman–Crippen MR) is 74.4 cm³/mol. The van der Waals surface area contributed by atoms with Crippen molar-refractivity contribution in [1.82, 2.24) is 4.90 Å². The molecule has 1 fully saturated rings. The molecule has 1 saturated heterocycles. The van der Waals surface area contributed by atoms with Gasteiger partial charge in [-0.1, -0.05) is 36.8 Å². The smallest absolute Gasteiger partial charge is 0.144 e. The van der Waals surface area contributed by atoms with Crippen LogP contribution in [0.5, 0.6) is 0 Å². The molecule has 0 spiro atoms. The van der Waals surface area contributed by atoms with Crippen molar-refractivity contribution in [2.24, 2.45) is 0 Å². The standard InChI is InChI=1S/C16H21NO/c1-18-16(17-11-5-2-6-12-17)10-9-14-7-3-4-8-15(14)13-16/h3-4,7-9,13H,2,5-6,10-12H2,1H3. The molecule has 1 aliphatic carbocycles. The maximum atomic E-state index is 5.91. The lowest BCUT2D eigenvalue weighted by atomic mass is 9.96. The van der Waals surface area contributed by atoms with Crippen molar-refractivity contribution < 1.29 is 4.74 Å². The Morgan fingerprint density at radius 1 is 1.06 bits per heavy atom. The van der Waals surface area contributed by atoms with E-state index in [2.05, 4.69) is 41.3 Å². The van der Waals surface area contributed by atoms with Crippen LogP contribution < -0.4 is 10.4 Å². The first-order valence-corrected chi connectivity index (χ1v) is 6.92. The van der Waals surface area contributed by atoms with Gasteiger partial charge in [0.15, 0.2) is 0 Å². The SMILES string of the molecule is COC1(N2CCCCC2)C=c2ccccc2=CC1. The van der Waals surface area contributed by atoms with Crippen LogP contribution in [0.2, 0.25) is 0 Å². The van der Waals surface area contributed by atoms with Crippen LogP contribution >= 0.6 is 0 Å². The van der Waals surface area contributed by atoms with Gasteiger partial charge in [-0.2, -0.15) is 0 Å². The normalized spacial score (nSPS) is 28.1. The van der Waals surface area contributed by atoms with Crippen LogP contribution in [-0.2, 0) is 4.74 Å². The molecule has 0 saturated carbocycles. The molecule has 0 amide bonds. The number of ether oxygens (including phenoxy) is 1. The highest BCUT2D eigenvalue weighted by Crippen LogP contribution is 2.28. The Balaban J connectivity index is 2.01. The topological polar surface area (TPSA) is 12.5 Å². The summed E-state index contributed by atoms with van der Waals surface area (Å²) in [5, 5.41) is 2.64. The second-order valence-electron chi connectivity index (χ2n) is 5.28. The van der Waals surface area contributed by atoms with Crippen LogP contribution in [-0.4, -0.2) is 30.8 Å². The van der Waals surface area contributed by atoms with E-state index in [1.165, 1.54) is 29.7 Å². The van der Waals surface area contributed by atoms with Crippen molar-refractivity contribution in [2.75, 3.05) is 20.2 Å². The Morgan fingerprint density at radius 2 is 1.78 bits per heavy atom. The van der Waals surface area contributed by atoms with Crippen molar-refractivity contribution in [3.63, 3.8) is 0 Å². The number of nitrogens with zero attached hydrogens (tertiary/aromatic N) is 1. The number of fused-ring (bicyclic) bond motifs is 1. The van der Waals surface area contributed by atoms with E-state index in [-0.39, 0.29) is 5.72 Å². The molecule has 3 rings (SSSR count). The van der Waals surface area contributed by atoms with Gasteiger partial charge in [0.05, 0.1) is 0 Å². The average molecular weight is 243 g/mol. The number of methoxy groups -OCH3 is 1. The van der Waals surface area contributed by atoms with Crippen LogP contribution in [0.4, 0.5) is 0 Å². The highest BCUT2D eigenvalue weighted by atomic mass is 16.5. The Hall–Kier alpha value is -1.12. The molecule has 18 heavy (non-hydrogen) atoms.